The van der Waals surface area contributed by atoms with E-state index < -0.39 is 28.0 Å². The molecule has 0 saturated heterocycles. The number of hydrogen-bond donors (Lipinski definition) is 2. The van der Waals surface area contributed by atoms with E-state index in [1.165, 1.54) is 13.8 Å². The average molecular weight is 347 g/mol. The lowest BCUT2D eigenvalue weighted by Crippen LogP contribution is -2.41. The first-order chi connectivity index (χ1) is 10.7. The van der Waals surface area contributed by atoms with Gasteiger partial charge < -0.3 is 14.3 Å². The molecule has 0 aromatic carbocycles. The van der Waals surface area contributed by atoms with Gasteiger partial charge in [-0.25, -0.2) is 13.2 Å². The molecular weight excluding hydrogens is 326 g/mol. The lowest BCUT2D eigenvalue weighted by Gasteiger charge is -2.14. The molecule has 1 atom stereocenters. The SMILES string of the molecule is CCCCC(NS(=O)(=O)c1c(C)oc(C)c1C(=O)OC)C(=O)O. The highest BCUT2D eigenvalue weighted by Gasteiger charge is 2.34. The Balaban J connectivity index is 3.28. The number of furan rings is 1. The number of unbranched alkanes of at least 4 members (excludes halogenated alkanes) is 1. The van der Waals surface area contributed by atoms with Crippen LogP contribution in [0.25, 0.3) is 0 Å². The first-order valence-electron chi connectivity index (χ1n) is 7.09. The Labute approximate surface area is 134 Å². The number of sulfonamides is 1. The van der Waals surface area contributed by atoms with Crippen LogP contribution in [-0.4, -0.2) is 38.6 Å². The van der Waals surface area contributed by atoms with Gasteiger partial charge in [0.15, 0.2) is 0 Å². The predicted molar refractivity (Wildman–Crippen MR) is 80.8 cm³/mol. The molecule has 0 bridgehead atoms. The van der Waals surface area contributed by atoms with Gasteiger partial charge in [-0.1, -0.05) is 19.8 Å². The number of methoxy groups -OCH3 is 1. The van der Waals surface area contributed by atoms with E-state index in [0.29, 0.717) is 6.42 Å². The molecule has 0 saturated carbocycles. The molecular formula is C14H21NO7S. The van der Waals surface area contributed by atoms with Gasteiger partial charge in [-0.05, 0) is 20.3 Å². The zero-order chi connectivity index (χ0) is 17.8. The van der Waals surface area contributed by atoms with Gasteiger partial charge in [-0.3, -0.25) is 4.79 Å². The monoisotopic (exact) mass is 347 g/mol. The minimum absolute atomic E-state index is 0.00460. The fraction of sp³-hybridized carbons (Fsp3) is 0.571. The number of carboxylic acids is 1. The Bertz CT molecular complexity index is 690. The molecule has 23 heavy (non-hydrogen) atoms. The van der Waals surface area contributed by atoms with Crippen molar-refractivity contribution in [2.45, 2.75) is 51.0 Å². The summed E-state index contributed by atoms with van der Waals surface area (Å²) in [5.74, 6) is -2.05. The van der Waals surface area contributed by atoms with Gasteiger partial charge in [0, 0.05) is 0 Å². The molecule has 9 heteroatoms. The minimum Gasteiger partial charge on any atom is -0.480 e. The number of aliphatic carboxylic acids is 1. The van der Waals surface area contributed by atoms with Crippen molar-refractivity contribution in [3.8, 4) is 0 Å². The van der Waals surface area contributed by atoms with Gasteiger partial charge in [0.05, 0.1) is 7.11 Å². The Morgan fingerprint density at radius 2 is 1.91 bits per heavy atom. The molecule has 0 spiro atoms. The number of hydrogen-bond acceptors (Lipinski definition) is 6. The van der Waals surface area contributed by atoms with Gasteiger partial charge in [0.1, 0.15) is 28.0 Å². The smallest absolute Gasteiger partial charge is 0.342 e. The van der Waals surface area contributed by atoms with Crippen LogP contribution in [0.15, 0.2) is 9.31 Å². The Morgan fingerprint density at radius 3 is 2.39 bits per heavy atom. The van der Waals surface area contributed by atoms with Crippen LogP contribution < -0.4 is 4.72 Å². The molecule has 1 heterocycles. The van der Waals surface area contributed by atoms with Crippen LogP contribution in [0.2, 0.25) is 0 Å². The summed E-state index contributed by atoms with van der Waals surface area (Å²) in [6.45, 7) is 4.69. The van der Waals surface area contributed by atoms with E-state index in [0.717, 1.165) is 13.5 Å². The summed E-state index contributed by atoms with van der Waals surface area (Å²) in [6.07, 6.45) is 1.42. The number of carboxylic acid groups (broad SMARTS) is 1. The quantitative estimate of drug-likeness (QED) is 0.685. The van der Waals surface area contributed by atoms with Crippen LogP contribution in [0, 0.1) is 13.8 Å². The maximum Gasteiger partial charge on any atom is 0.342 e. The summed E-state index contributed by atoms with van der Waals surface area (Å²) in [5.41, 5.74) is -0.225. The average Bonchev–Trinajstić information content (AvgIpc) is 2.77. The van der Waals surface area contributed by atoms with Crippen molar-refractivity contribution in [3.05, 3.63) is 17.1 Å². The summed E-state index contributed by atoms with van der Waals surface area (Å²) < 4.78 is 37.0. The Hall–Kier alpha value is -1.87. The second kappa shape index (κ2) is 7.60. The zero-order valence-corrected chi connectivity index (χ0v) is 14.3. The van der Waals surface area contributed by atoms with Crippen LogP contribution in [-0.2, 0) is 19.6 Å². The van der Waals surface area contributed by atoms with Crippen molar-refractivity contribution >= 4 is 22.0 Å². The maximum atomic E-state index is 12.5. The zero-order valence-electron chi connectivity index (χ0n) is 13.5. The Morgan fingerprint density at radius 1 is 1.30 bits per heavy atom. The first-order valence-corrected chi connectivity index (χ1v) is 8.57. The number of esters is 1. The van der Waals surface area contributed by atoms with Crippen molar-refractivity contribution in [2.24, 2.45) is 0 Å². The highest BCUT2D eigenvalue weighted by Crippen LogP contribution is 2.27. The van der Waals surface area contributed by atoms with Crippen molar-refractivity contribution in [1.29, 1.82) is 0 Å². The molecule has 2 N–H and O–H groups in total. The Kier molecular flexibility index (Phi) is 6.34. The molecule has 0 fully saturated rings. The van der Waals surface area contributed by atoms with E-state index >= 15 is 0 Å². The molecule has 1 aromatic rings. The lowest BCUT2D eigenvalue weighted by molar-refractivity contribution is -0.139. The lowest BCUT2D eigenvalue weighted by atomic mass is 10.1. The van der Waals surface area contributed by atoms with Gasteiger partial charge >= 0.3 is 11.9 Å². The molecule has 1 unspecified atom stereocenters. The van der Waals surface area contributed by atoms with Crippen LogP contribution in [0.5, 0.6) is 0 Å². The summed E-state index contributed by atoms with van der Waals surface area (Å²) in [5, 5.41) is 9.17. The molecule has 0 radical (unpaired) electrons. The van der Waals surface area contributed by atoms with Crippen LogP contribution in [0.1, 0.15) is 48.1 Å². The third kappa shape index (κ3) is 4.32. The summed E-state index contributed by atoms with van der Waals surface area (Å²) in [7, 11) is -3.14. The van der Waals surface area contributed by atoms with E-state index in [9.17, 15) is 18.0 Å². The maximum absolute atomic E-state index is 12.5. The summed E-state index contributed by atoms with van der Waals surface area (Å²) in [4.78, 5) is 22.7. The van der Waals surface area contributed by atoms with Crippen molar-refractivity contribution in [3.63, 3.8) is 0 Å². The summed E-state index contributed by atoms with van der Waals surface area (Å²) >= 11 is 0. The normalized spacial score (nSPS) is 12.9. The van der Waals surface area contributed by atoms with Gasteiger partial charge in [0.25, 0.3) is 0 Å². The van der Waals surface area contributed by atoms with E-state index in [4.69, 9.17) is 9.52 Å². The van der Waals surface area contributed by atoms with Gasteiger partial charge in [0.2, 0.25) is 10.0 Å². The van der Waals surface area contributed by atoms with Crippen molar-refractivity contribution < 1.29 is 32.3 Å². The van der Waals surface area contributed by atoms with E-state index in [2.05, 4.69) is 9.46 Å². The number of aryl methyl sites for hydroxylation is 2. The molecule has 0 aliphatic carbocycles. The molecule has 1 rings (SSSR count). The van der Waals surface area contributed by atoms with E-state index in [1.807, 2.05) is 6.92 Å². The summed E-state index contributed by atoms with van der Waals surface area (Å²) in [6, 6.07) is -1.28. The standard InChI is InChI=1S/C14H21NO7S/c1-5-6-7-10(13(16)17)15-23(19,20)12-9(3)22-8(2)11(12)14(18)21-4/h10,15H,5-7H2,1-4H3,(H,16,17). The second-order valence-electron chi connectivity index (χ2n) is 5.06. The van der Waals surface area contributed by atoms with Crippen LogP contribution in [0.3, 0.4) is 0 Å². The van der Waals surface area contributed by atoms with Crippen LogP contribution in [0.4, 0.5) is 0 Å². The number of carbonyl (C=O) groups excluding carboxylic acids is 1. The molecule has 0 amide bonds. The largest absolute Gasteiger partial charge is 0.480 e. The van der Waals surface area contributed by atoms with Gasteiger partial charge in [-0.15, -0.1) is 0 Å². The predicted octanol–water partition coefficient (Wildman–Crippen LogP) is 1.60. The topological polar surface area (TPSA) is 123 Å². The van der Waals surface area contributed by atoms with E-state index in [1.54, 1.807) is 0 Å². The molecule has 130 valence electrons. The van der Waals surface area contributed by atoms with E-state index in [-0.39, 0.29) is 28.4 Å². The number of rotatable bonds is 8. The number of nitrogens with one attached hydrogen (secondary N) is 1. The number of ether oxygens (including phenoxy) is 1. The van der Waals surface area contributed by atoms with Crippen molar-refractivity contribution in [2.75, 3.05) is 7.11 Å². The molecule has 0 aliphatic rings. The highest BCUT2D eigenvalue weighted by molar-refractivity contribution is 7.89. The molecule has 8 nitrogen and oxygen atoms in total. The van der Waals surface area contributed by atoms with Gasteiger partial charge in [-0.2, -0.15) is 4.72 Å². The number of carbonyl (C=O) groups is 2. The fourth-order valence-corrected chi connectivity index (χ4v) is 3.84. The van der Waals surface area contributed by atoms with Crippen LogP contribution >= 0.6 is 0 Å². The highest BCUT2D eigenvalue weighted by atomic mass is 32.2. The fourth-order valence-electron chi connectivity index (χ4n) is 2.21. The van der Waals surface area contributed by atoms with Crippen molar-refractivity contribution in [1.82, 2.24) is 4.72 Å². The third-order valence-corrected chi connectivity index (χ3v) is 4.93. The first kappa shape index (κ1) is 19.2. The third-order valence-electron chi connectivity index (χ3n) is 3.31. The second-order valence-corrected chi connectivity index (χ2v) is 6.72. The molecule has 0 aliphatic heterocycles. The minimum atomic E-state index is -4.26. The molecule has 1 aromatic heterocycles.